The number of rotatable bonds is 14. The molecule has 12 heteroatoms. The lowest BCUT2D eigenvalue weighted by Gasteiger charge is -2.12. The van der Waals surface area contributed by atoms with Gasteiger partial charge in [-0.15, -0.1) is 0 Å². The molecule has 3 N–H and O–H groups in total. The maximum absolute atomic E-state index is 12.3. The zero-order chi connectivity index (χ0) is 30.3. The van der Waals surface area contributed by atoms with Crippen LogP contribution in [0.15, 0.2) is 65.8 Å². The first-order valence-electron chi connectivity index (χ1n) is 13.0. The van der Waals surface area contributed by atoms with Gasteiger partial charge in [-0.1, -0.05) is 6.07 Å². The van der Waals surface area contributed by atoms with Gasteiger partial charge in [0.05, 0.1) is 34.2 Å². The van der Waals surface area contributed by atoms with Gasteiger partial charge in [-0.2, -0.15) is 5.10 Å². The van der Waals surface area contributed by atoms with Gasteiger partial charge < -0.3 is 34.3 Å². The first-order valence-corrected chi connectivity index (χ1v) is 13.0. The lowest BCUT2D eigenvalue weighted by atomic mass is 10.1. The molecule has 0 aromatic heterocycles. The van der Waals surface area contributed by atoms with Crippen molar-refractivity contribution in [3.8, 4) is 28.7 Å². The predicted molar refractivity (Wildman–Crippen MR) is 157 cm³/mol. The molecule has 0 saturated heterocycles. The molecule has 0 atom stereocenters. The fraction of sp³-hybridized carbons (Fsp3) is 0.267. The van der Waals surface area contributed by atoms with Crippen LogP contribution >= 0.6 is 0 Å². The van der Waals surface area contributed by atoms with Crippen LogP contribution in [0.1, 0.15) is 18.1 Å². The lowest BCUT2D eigenvalue weighted by Crippen LogP contribution is -2.38. The Labute approximate surface area is 243 Å². The molecule has 3 amide bonds. The molecular weight excluding hydrogens is 544 g/mol. The summed E-state index contributed by atoms with van der Waals surface area (Å²) in [5, 5.41) is 9.12. The molecule has 0 heterocycles. The third-order valence-corrected chi connectivity index (χ3v) is 5.73. The van der Waals surface area contributed by atoms with E-state index in [1.165, 1.54) is 13.3 Å². The Kier molecular flexibility index (Phi) is 12.0. The number of nitrogens with zero attached hydrogens (tertiary/aromatic N) is 1. The minimum Gasteiger partial charge on any atom is -0.494 e. The van der Waals surface area contributed by atoms with E-state index in [1.54, 1.807) is 68.8 Å². The van der Waals surface area contributed by atoms with Crippen LogP contribution in [-0.4, -0.2) is 65.0 Å². The molecule has 0 aliphatic rings. The molecule has 12 nitrogen and oxygen atoms in total. The van der Waals surface area contributed by atoms with E-state index in [0.717, 1.165) is 5.56 Å². The van der Waals surface area contributed by atoms with Gasteiger partial charge in [0.1, 0.15) is 5.75 Å². The number of carbonyl (C=O) groups is 3. The van der Waals surface area contributed by atoms with Crippen LogP contribution in [0.4, 0.5) is 5.69 Å². The summed E-state index contributed by atoms with van der Waals surface area (Å²) in [7, 11) is 4.55. The van der Waals surface area contributed by atoms with Crippen molar-refractivity contribution in [2.24, 2.45) is 5.10 Å². The van der Waals surface area contributed by atoms with E-state index in [-0.39, 0.29) is 19.1 Å². The van der Waals surface area contributed by atoms with Gasteiger partial charge in [0.25, 0.3) is 5.91 Å². The number of anilines is 1. The molecule has 0 fully saturated rings. The highest BCUT2D eigenvalue weighted by Crippen LogP contribution is 2.28. The third kappa shape index (κ3) is 9.44. The smallest absolute Gasteiger partial charge is 0.329 e. The minimum atomic E-state index is -0.913. The Morgan fingerprint density at radius 1 is 0.786 bits per heavy atom. The summed E-state index contributed by atoms with van der Waals surface area (Å²) in [6, 6.07) is 17.3. The Morgan fingerprint density at radius 2 is 1.48 bits per heavy atom. The summed E-state index contributed by atoms with van der Waals surface area (Å²) < 4.78 is 26.8. The van der Waals surface area contributed by atoms with Gasteiger partial charge in [0.15, 0.2) is 29.6 Å². The van der Waals surface area contributed by atoms with Crippen molar-refractivity contribution in [2.45, 2.75) is 13.3 Å². The number of hydrazone groups is 1. The zero-order valence-electron chi connectivity index (χ0n) is 23.9. The van der Waals surface area contributed by atoms with Gasteiger partial charge in [0.2, 0.25) is 0 Å². The van der Waals surface area contributed by atoms with Crippen molar-refractivity contribution in [3.05, 3.63) is 71.8 Å². The number of hydrogen-bond acceptors (Lipinski definition) is 9. The molecular formula is C30H34N4O8. The Bertz CT molecular complexity index is 1390. The van der Waals surface area contributed by atoms with Crippen LogP contribution in [0.3, 0.4) is 0 Å². The van der Waals surface area contributed by atoms with Gasteiger partial charge in [-0.3, -0.25) is 14.4 Å². The van der Waals surface area contributed by atoms with E-state index in [2.05, 4.69) is 21.2 Å². The van der Waals surface area contributed by atoms with Crippen molar-refractivity contribution in [1.82, 2.24) is 10.7 Å². The second-order valence-corrected chi connectivity index (χ2v) is 8.60. The molecule has 3 aromatic carbocycles. The van der Waals surface area contributed by atoms with Crippen LogP contribution in [-0.2, 0) is 20.8 Å². The van der Waals surface area contributed by atoms with Gasteiger partial charge in [0, 0.05) is 12.2 Å². The molecule has 0 saturated carbocycles. The third-order valence-electron chi connectivity index (χ3n) is 5.73. The zero-order valence-corrected chi connectivity index (χ0v) is 23.9. The van der Waals surface area contributed by atoms with Crippen molar-refractivity contribution < 1.29 is 38.1 Å². The summed E-state index contributed by atoms with van der Waals surface area (Å²) in [6.07, 6.45) is 1.83. The average molecular weight is 579 g/mol. The fourth-order valence-corrected chi connectivity index (χ4v) is 3.68. The maximum atomic E-state index is 12.3. The quantitative estimate of drug-likeness (QED) is 0.150. The molecule has 0 spiro atoms. The fourth-order valence-electron chi connectivity index (χ4n) is 3.68. The second-order valence-electron chi connectivity index (χ2n) is 8.60. The summed E-state index contributed by atoms with van der Waals surface area (Å²) in [4.78, 5) is 36.5. The van der Waals surface area contributed by atoms with E-state index in [9.17, 15) is 14.4 Å². The van der Waals surface area contributed by atoms with Gasteiger partial charge in [-0.05, 0) is 79.1 Å². The summed E-state index contributed by atoms with van der Waals surface area (Å²) in [5.74, 6) is 0.505. The molecule has 0 radical (unpaired) electrons. The van der Waals surface area contributed by atoms with Crippen LogP contribution in [0.25, 0.3) is 0 Å². The van der Waals surface area contributed by atoms with Crippen LogP contribution in [0.2, 0.25) is 0 Å². The standard InChI is InChI=1S/C30H34N4O8/c1-5-41-23-10-8-22(9-11-23)33-28(35)19-42-25-13-7-21(17-27(25)40-4)18-32-34-30(37)29(36)31-15-14-20-6-12-24(38-2)26(16-20)39-3/h6-13,16-18H,5,14-15,19H2,1-4H3,(H,31,36)(H,33,35)(H,34,37)/b32-18-. The number of benzene rings is 3. The normalized spacial score (nSPS) is 10.5. The van der Waals surface area contributed by atoms with Crippen molar-refractivity contribution in [2.75, 3.05) is 46.4 Å². The molecule has 0 aliphatic carbocycles. The topological polar surface area (TPSA) is 146 Å². The predicted octanol–water partition coefficient (Wildman–Crippen LogP) is 2.94. The van der Waals surface area contributed by atoms with E-state index in [4.69, 9.17) is 23.7 Å². The summed E-state index contributed by atoms with van der Waals surface area (Å²) in [6.45, 7) is 2.45. The number of hydrogen-bond donors (Lipinski definition) is 3. The van der Waals surface area contributed by atoms with E-state index in [0.29, 0.717) is 53.0 Å². The van der Waals surface area contributed by atoms with Crippen LogP contribution < -0.4 is 39.7 Å². The van der Waals surface area contributed by atoms with Crippen molar-refractivity contribution >= 4 is 29.6 Å². The molecule has 3 rings (SSSR count). The molecule has 222 valence electrons. The molecule has 0 unspecified atom stereocenters. The molecule has 0 aliphatic heterocycles. The average Bonchev–Trinajstić information content (AvgIpc) is 3.01. The summed E-state index contributed by atoms with van der Waals surface area (Å²) >= 11 is 0. The SMILES string of the molecule is CCOc1ccc(NC(=O)COc2ccc(/C=N\NC(=O)C(=O)NCCc3ccc(OC)c(OC)c3)cc2OC)cc1. The minimum absolute atomic E-state index is 0.238. The Morgan fingerprint density at radius 3 is 2.17 bits per heavy atom. The number of ether oxygens (including phenoxy) is 5. The molecule has 42 heavy (non-hydrogen) atoms. The summed E-state index contributed by atoms with van der Waals surface area (Å²) in [5.41, 5.74) is 4.26. The Hall–Kier alpha value is -5.26. The maximum Gasteiger partial charge on any atom is 0.329 e. The van der Waals surface area contributed by atoms with E-state index < -0.39 is 11.8 Å². The van der Waals surface area contributed by atoms with Crippen molar-refractivity contribution in [1.29, 1.82) is 0 Å². The first-order chi connectivity index (χ1) is 20.4. The number of amides is 3. The van der Waals surface area contributed by atoms with Crippen LogP contribution in [0, 0.1) is 0 Å². The highest BCUT2D eigenvalue weighted by atomic mass is 16.5. The van der Waals surface area contributed by atoms with Crippen molar-refractivity contribution in [3.63, 3.8) is 0 Å². The van der Waals surface area contributed by atoms with Crippen LogP contribution in [0.5, 0.6) is 28.7 Å². The highest BCUT2D eigenvalue weighted by Gasteiger charge is 2.13. The van der Waals surface area contributed by atoms with E-state index in [1.807, 2.05) is 13.0 Å². The number of carbonyl (C=O) groups excluding carboxylic acids is 3. The van der Waals surface area contributed by atoms with Gasteiger partial charge >= 0.3 is 11.8 Å². The lowest BCUT2D eigenvalue weighted by molar-refractivity contribution is -0.139. The van der Waals surface area contributed by atoms with E-state index >= 15 is 0 Å². The second kappa shape index (κ2) is 16.1. The monoisotopic (exact) mass is 578 g/mol. The molecule has 3 aromatic rings. The number of methoxy groups -OCH3 is 3. The first kappa shape index (κ1) is 31.3. The molecule has 0 bridgehead atoms. The van der Waals surface area contributed by atoms with Gasteiger partial charge in [-0.25, -0.2) is 5.43 Å². The highest BCUT2D eigenvalue weighted by molar-refractivity contribution is 6.35. The Balaban J connectivity index is 1.44. The largest absolute Gasteiger partial charge is 0.494 e. The number of nitrogens with one attached hydrogen (secondary N) is 3.